The summed E-state index contributed by atoms with van der Waals surface area (Å²) in [7, 11) is 1.44. The summed E-state index contributed by atoms with van der Waals surface area (Å²) in [6.07, 6.45) is -3.58. The first-order valence-electron chi connectivity index (χ1n) is 5.64. The van der Waals surface area contributed by atoms with E-state index in [1.807, 2.05) is 6.92 Å². The maximum Gasteiger partial charge on any atom is 0.401 e. The van der Waals surface area contributed by atoms with Gasteiger partial charge in [-0.1, -0.05) is 12.2 Å². The fourth-order valence-electron chi connectivity index (χ4n) is 1.23. The van der Waals surface area contributed by atoms with E-state index >= 15 is 0 Å². The van der Waals surface area contributed by atoms with E-state index in [4.69, 9.17) is 5.73 Å². The number of nitrogens with two attached hydrogens (primary N) is 1. The van der Waals surface area contributed by atoms with Crippen LogP contribution in [-0.2, 0) is 0 Å². The minimum atomic E-state index is -4.15. The van der Waals surface area contributed by atoms with Crippen LogP contribution in [0.3, 0.4) is 0 Å². The molecule has 0 aliphatic heterocycles. The first kappa shape index (κ1) is 20.8. The van der Waals surface area contributed by atoms with Crippen molar-refractivity contribution in [2.75, 3.05) is 33.2 Å². The molecule has 0 spiro atoms. The van der Waals surface area contributed by atoms with Gasteiger partial charge < -0.3 is 11.1 Å². The van der Waals surface area contributed by atoms with E-state index < -0.39 is 12.7 Å². The summed E-state index contributed by atoms with van der Waals surface area (Å²) >= 11 is 0. The van der Waals surface area contributed by atoms with Crippen molar-refractivity contribution in [1.29, 1.82) is 0 Å². The first-order valence-corrected chi connectivity index (χ1v) is 5.64. The van der Waals surface area contributed by atoms with Crippen molar-refractivity contribution < 1.29 is 13.2 Å². The van der Waals surface area contributed by atoms with E-state index in [-0.39, 0.29) is 29.9 Å². The van der Waals surface area contributed by atoms with Crippen LogP contribution >= 0.6 is 24.0 Å². The predicted molar refractivity (Wildman–Crippen MR) is 82.9 cm³/mol. The summed E-state index contributed by atoms with van der Waals surface area (Å²) in [5.41, 5.74) is 6.44. The van der Waals surface area contributed by atoms with Crippen molar-refractivity contribution >= 4 is 29.9 Å². The third-order valence-electron chi connectivity index (χ3n) is 1.99. The molecule has 0 rings (SSSR count). The molecule has 0 aliphatic rings. The van der Waals surface area contributed by atoms with Crippen LogP contribution in [-0.4, -0.2) is 50.3 Å². The highest BCUT2D eigenvalue weighted by Gasteiger charge is 2.28. The SMILES string of the molecule is C=C(C)CN=C(N)NCCCN(C)CC(F)(F)F.I. The van der Waals surface area contributed by atoms with Gasteiger partial charge in [0, 0.05) is 6.54 Å². The number of hydrogen-bond donors (Lipinski definition) is 2. The van der Waals surface area contributed by atoms with Gasteiger partial charge in [0.25, 0.3) is 0 Å². The third-order valence-corrected chi connectivity index (χ3v) is 1.99. The number of nitrogens with one attached hydrogen (secondary N) is 1. The highest BCUT2D eigenvalue weighted by Crippen LogP contribution is 2.15. The van der Waals surface area contributed by atoms with Gasteiger partial charge in [0.1, 0.15) is 0 Å². The Morgan fingerprint density at radius 2 is 2.00 bits per heavy atom. The second-order valence-electron chi connectivity index (χ2n) is 4.29. The van der Waals surface area contributed by atoms with E-state index in [2.05, 4.69) is 16.9 Å². The van der Waals surface area contributed by atoms with Crippen molar-refractivity contribution in [2.45, 2.75) is 19.5 Å². The molecular formula is C11H22F3IN4. The Balaban J connectivity index is 0. The topological polar surface area (TPSA) is 53.6 Å². The molecule has 3 N–H and O–H groups in total. The Labute approximate surface area is 129 Å². The minimum Gasteiger partial charge on any atom is -0.370 e. The highest BCUT2D eigenvalue weighted by molar-refractivity contribution is 14.0. The van der Waals surface area contributed by atoms with Crippen LogP contribution < -0.4 is 11.1 Å². The molecule has 0 aromatic heterocycles. The summed E-state index contributed by atoms with van der Waals surface area (Å²) in [6, 6.07) is 0. The number of aliphatic imine (C=N–C) groups is 1. The molecule has 0 radical (unpaired) electrons. The predicted octanol–water partition coefficient (Wildman–Crippen LogP) is 1.97. The van der Waals surface area contributed by atoms with Crippen LogP contribution in [0.25, 0.3) is 0 Å². The second kappa shape index (κ2) is 10.3. The van der Waals surface area contributed by atoms with Crippen LogP contribution in [0.5, 0.6) is 0 Å². The highest BCUT2D eigenvalue weighted by atomic mass is 127. The molecule has 0 saturated heterocycles. The van der Waals surface area contributed by atoms with Crippen molar-refractivity contribution in [3.63, 3.8) is 0 Å². The Morgan fingerprint density at radius 3 is 2.47 bits per heavy atom. The van der Waals surface area contributed by atoms with Gasteiger partial charge in [-0.25, -0.2) is 4.99 Å². The average molecular weight is 394 g/mol. The Bertz CT molecular complexity index is 292. The van der Waals surface area contributed by atoms with Gasteiger partial charge in [-0.15, -0.1) is 24.0 Å². The van der Waals surface area contributed by atoms with Gasteiger partial charge in [0.05, 0.1) is 13.1 Å². The summed E-state index contributed by atoms with van der Waals surface area (Å²) < 4.78 is 36.0. The number of halogens is 4. The van der Waals surface area contributed by atoms with E-state index in [1.54, 1.807) is 0 Å². The Morgan fingerprint density at radius 1 is 1.42 bits per heavy atom. The Kier molecular flexibility index (Phi) is 11.3. The van der Waals surface area contributed by atoms with Gasteiger partial charge >= 0.3 is 6.18 Å². The zero-order valence-electron chi connectivity index (χ0n) is 11.3. The first-order chi connectivity index (χ1) is 8.20. The van der Waals surface area contributed by atoms with Gasteiger partial charge in [-0.2, -0.15) is 13.2 Å². The molecule has 0 fully saturated rings. The molecule has 8 heteroatoms. The van der Waals surface area contributed by atoms with E-state index in [0.29, 0.717) is 26.1 Å². The van der Waals surface area contributed by atoms with Crippen LogP contribution in [0.2, 0.25) is 0 Å². The molecule has 0 unspecified atom stereocenters. The molecule has 0 heterocycles. The molecule has 19 heavy (non-hydrogen) atoms. The van der Waals surface area contributed by atoms with E-state index in [9.17, 15) is 13.2 Å². The summed E-state index contributed by atoms with van der Waals surface area (Å²) in [5, 5.41) is 2.83. The van der Waals surface area contributed by atoms with Crippen LogP contribution in [0.15, 0.2) is 17.1 Å². The zero-order chi connectivity index (χ0) is 14.2. The molecule has 4 nitrogen and oxygen atoms in total. The molecule has 0 bridgehead atoms. The zero-order valence-corrected chi connectivity index (χ0v) is 13.6. The third kappa shape index (κ3) is 15.4. The minimum absolute atomic E-state index is 0. The molecule has 114 valence electrons. The lowest BCUT2D eigenvalue weighted by Gasteiger charge is -2.18. The summed E-state index contributed by atoms with van der Waals surface area (Å²) in [5.74, 6) is 0.288. The molecule has 0 amide bonds. The van der Waals surface area contributed by atoms with E-state index in [1.165, 1.54) is 11.9 Å². The molecule has 0 aromatic rings. The number of nitrogens with zero attached hydrogens (tertiary/aromatic N) is 2. The number of guanidine groups is 1. The Hall–Kier alpha value is -0.510. The lowest BCUT2D eigenvalue weighted by Crippen LogP contribution is -2.36. The number of rotatable bonds is 7. The van der Waals surface area contributed by atoms with E-state index in [0.717, 1.165) is 5.57 Å². The monoisotopic (exact) mass is 394 g/mol. The lowest BCUT2D eigenvalue weighted by molar-refractivity contribution is -0.143. The molecule has 0 atom stereocenters. The number of alkyl halides is 3. The smallest absolute Gasteiger partial charge is 0.370 e. The maximum atomic E-state index is 12.0. The van der Waals surface area contributed by atoms with Gasteiger partial charge in [-0.3, -0.25) is 4.90 Å². The normalized spacial score (nSPS) is 12.2. The number of hydrogen-bond acceptors (Lipinski definition) is 2. The van der Waals surface area contributed by atoms with Gasteiger partial charge in [-0.05, 0) is 26.9 Å². The van der Waals surface area contributed by atoms with Crippen molar-refractivity contribution in [3.8, 4) is 0 Å². The van der Waals surface area contributed by atoms with Gasteiger partial charge in [0.15, 0.2) is 5.96 Å². The fraction of sp³-hybridized carbons (Fsp3) is 0.727. The van der Waals surface area contributed by atoms with Crippen LogP contribution in [0.1, 0.15) is 13.3 Å². The quantitative estimate of drug-likeness (QED) is 0.228. The lowest BCUT2D eigenvalue weighted by atomic mass is 10.3. The fourth-order valence-corrected chi connectivity index (χ4v) is 1.23. The molecule has 0 saturated carbocycles. The van der Waals surface area contributed by atoms with Crippen LogP contribution in [0, 0.1) is 0 Å². The van der Waals surface area contributed by atoms with Crippen molar-refractivity contribution in [3.05, 3.63) is 12.2 Å². The largest absolute Gasteiger partial charge is 0.401 e. The van der Waals surface area contributed by atoms with Gasteiger partial charge in [0.2, 0.25) is 0 Å². The van der Waals surface area contributed by atoms with Crippen molar-refractivity contribution in [1.82, 2.24) is 10.2 Å². The van der Waals surface area contributed by atoms with Crippen molar-refractivity contribution in [2.24, 2.45) is 10.7 Å². The second-order valence-corrected chi connectivity index (χ2v) is 4.29. The summed E-state index contributed by atoms with van der Waals surface area (Å²) in [4.78, 5) is 5.22. The standard InChI is InChI=1S/C11H21F3N4.HI/c1-9(2)7-17-10(15)16-5-4-6-18(3)8-11(12,13)14;/h1,4-8H2,2-3H3,(H3,15,16,17);1H. The maximum absolute atomic E-state index is 12.0. The average Bonchev–Trinajstić information content (AvgIpc) is 2.19. The molecule has 0 aliphatic carbocycles. The molecule has 0 aromatic carbocycles. The summed E-state index contributed by atoms with van der Waals surface area (Å²) in [6.45, 7) is 5.91. The molecular weight excluding hydrogens is 372 g/mol. The van der Waals surface area contributed by atoms with Crippen LogP contribution in [0.4, 0.5) is 13.2 Å².